The summed E-state index contributed by atoms with van der Waals surface area (Å²) in [6, 6.07) is 8.58. The van der Waals surface area contributed by atoms with E-state index in [0.29, 0.717) is 12.4 Å². The number of allylic oxidation sites excluding steroid dienone is 1. The Hall–Kier alpha value is -1.68. The number of halogens is 2. The molecule has 0 N–H and O–H groups in total. The van der Waals surface area contributed by atoms with E-state index in [-0.39, 0.29) is 5.82 Å². The van der Waals surface area contributed by atoms with Gasteiger partial charge in [-0.1, -0.05) is 28.9 Å². The first kappa shape index (κ1) is 13.3. The Morgan fingerprint density at radius 3 is 3.00 bits per heavy atom. The molecule has 2 aromatic rings. The second-order valence-electron chi connectivity index (χ2n) is 4.56. The van der Waals surface area contributed by atoms with Crippen LogP contribution >= 0.6 is 15.9 Å². The molecule has 20 heavy (non-hydrogen) atoms. The summed E-state index contributed by atoms with van der Waals surface area (Å²) in [5.41, 5.74) is 3.83. The predicted molar refractivity (Wildman–Crippen MR) is 80.2 cm³/mol. The van der Waals surface area contributed by atoms with Crippen molar-refractivity contribution in [2.75, 3.05) is 0 Å². The van der Waals surface area contributed by atoms with Crippen LogP contribution in [0.25, 0.3) is 5.57 Å². The lowest BCUT2D eigenvalue weighted by Gasteiger charge is -2.12. The van der Waals surface area contributed by atoms with Gasteiger partial charge in [0.2, 0.25) is 0 Å². The molecule has 0 atom stereocenters. The molecule has 1 aliphatic rings. The van der Waals surface area contributed by atoms with Crippen molar-refractivity contribution in [3.05, 3.63) is 63.6 Å². The van der Waals surface area contributed by atoms with Crippen molar-refractivity contribution in [3.63, 3.8) is 0 Å². The topological polar surface area (TPSA) is 22.1 Å². The zero-order valence-corrected chi connectivity index (χ0v) is 12.6. The monoisotopic (exact) mass is 333 g/mol. The minimum absolute atomic E-state index is 0.297. The summed E-state index contributed by atoms with van der Waals surface area (Å²) in [5.74, 6) is 0.262. The van der Waals surface area contributed by atoms with Crippen LogP contribution < -0.4 is 4.74 Å². The van der Waals surface area contributed by atoms with E-state index in [2.05, 4.69) is 27.8 Å². The summed E-state index contributed by atoms with van der Waals surface area (Å²) < 4.78 is 20.2. The summed E-state index contributed by atoms with van der Waals surface area (Å²) in [4.78, 5) is 4.38. The number of ether oxygens (including phenoxy) is 1. The van der Waals surface area contributed by atoms with Gasteiger partial charge in [-0.15, -0.1) is 0 Å². The molecule has 1 aromatic heterocycles. The van der Waals surface area contributed by atoms with Crippen molar-refractivity contribution in [1.29, 1.82) is 0 Å². The van der Waals surface area contributed by atoms with Gasteiger partial charge in [0.05, 0.1) is 5.69 Å². The highest BCUT2D eigenvalue weighted by Crippen LogP contribution is 2.40. The molecule has 0 bridgehead atoms. The standard InChI is InChI=1S/C16H13BrFNO/c1-2-13(17)16-11-4-3-7-19-14(11)9-20-15-8-10(18)5-6-12(15)16/h3-8H,2,9H2,1H3/b16-13-. The van der Waals surface area contributed by atoms with Crippen LogP contribution in [0.5, 0.6) is 5.75 Å². The summed E-state index contributed by atoms with van der Waals surface area (Å²) in [5, 5.41) is 0. The maximum Gasteiger partial charge on any atom is 0.131 e. The lowest BCUT2D eigenvalue weighted by Crippen LogP contribution is -1.98. The Labute approximate surface area is 125 Å². The van der Waals surface area contributed by atoms with E-state index in [1.807, 2.05) is 12.1 Å². The number of aromatic nitrogens is 1. The Kier molecular flexibility index (Phi) is 3.57. The van der Waals surface area contributed by atoms with Crippen LogP contribution in [0.3, 0.4) is 0 Å². The second-order valence-corrected chi connectivity index (χ2v) is 5.52. The summed E-state index contributed by atoms with van der Waals surface area (Å²) in [7, 11) is 0. The van der Waals surface area contributed by atoms with Crippen molar-refractivity contribution >= 4 is 21.5 Å². The Bertz CT molecular complexity index is 697. The Morgan fingerprint density at radius 1 is 1.35 bits per heavy atom. The molecule has 0 unspecified atom stereocenters. The maximum atomic E-state index is 13.4. The number of rotatable bonds is 1. The summed E-state index contributed by atoms with van der Waals surface area (Å²) in [6.45, 7) is 2.42. The van der Waals surface area contributed by atoms with Crippen LogP contribution in [0.1, 0.15) is 30.2 Å². The third kappa shape index (κ3) is 2.24. The molecular formula is C16H13BrFNO. The van der Waals surface area contributed by atoms with E-state index in [1.54, 1.807) is 12.3 Å². The van der Waals surface area contributed by atoms with E-state index < -0.39 is 0 Å². The van der Waals surface area contributed by atoms with Gasteiger partial charge in [-0.25, -0.2) is 4.39 Å². The molecule has 3 rings (SSSR count). The summed E-state index contributed by atoms with van der Waals surface area (Å²) >= 11 is 3.63. The molecule has 0 saturated carbocycles. The van der Waals surface area contributed by atoms with Gasteiger partial charge in [0, 0.05) is 33.4 Å². The number of pyridine rings is 1. The number of hydrogen-bond donors (Lipinski definition) is 0. The van der Waals surface area contributed by atoms with Crippen molar-refractivity contribution in [3.8, 4) is 5.75 Å². The van der Waals surface area contributed by atoms with Gasteiger partial charge >= 0.3 is 0 Å². The molecule has 1 aliphatic heterocycles. The highest BCUT2D eigenvalue weighted by molar-refractivity contribution is 9.11. The van der Waals surface area contributed by atoms with Crippen LogP contribution in [0, 0.1) is 5.82 Å². The number of hydrogen-bond acceptors (Lipinski definition) is 2. The maximum absolute atomic E-state index is 13.4. The highest BCUT2D eigenvalue weighted by Gasteiger charge is 2.22. The Balaban J connectivity index is 2.31. The van der Waals surface area contributed by atoms with Gasteiger partial charge in [-0.3, -0.25) is 4.98 Å². The molecule has 102 valence electrons. The first-order valence-electron chi connectivity index (χ1n) is 6.46. The van der Waals surface area contributed by atoms with Crippen molar-refractivity contribution in [1.82, 2.24) is 4.98 Å². The molecular weight excluding hydrogens is 321 g/mol. The van der Waals surface area contributed by atoms with Crippen molar-refractivity contribution < 1.29 is 9.13 Å². The Morgan fingerprint density at radius 2 is 2.20 bits per heavy atom. The van der Waals surface area contributed by atoms with Crippen LogP contribution in [0.2, 0.25) is 0 Å². The highest BCUT2D eigenvalue weighted by atomic mass is 79.9. The first-order valence-corrected chi connectivity index (χ1v) is 7.25. The second kappa shape index (κ2) is 5.37. The van der Waals surface area contributed by atoms with E-state index in [0.717, 1.165) is 33.3 Å². The zero-order chi connectivity index (χ0) is 14.1. The third-order valence-corrected chi connectivity index (χ3v) is 4.28. The molecule has 0 fully saturated rings. The van der Waals surface area contributed by atoms with E-state index in [9.17, 15) is 4.39 Å². The van der Waals surface area contributed by atoms with Gasteiger partial charge in [0.25, 0.3) is 0 Å². The molecule has 4 heteroatoms. The van der Waals surface area contributed by atoms with Crippen LogP contribution in [0.15, 0.2) is 41.0 Å². The van der Waals surface area contributed by atoms with Crippen LogP contribution in [-0.4, -0.2) is 4.98 Å². The molecule has 0 spiro atoms. The fraction of sp³-hybridized carbons (Fsp3) is 0.188. The summed E-state index contributed by atoms with van der Waals surface area (Å²) in [6.07, 6.45) is 2.59. The molecule has 2 nitrogen and oxygen atoms in total. The van der Waals surface area contributed by atoms with Gasteiger partial charge in [-0.05, 0) is 24.6 Å². The smallest absolute Gasteiger partial charge is 0.131 e. The van der Waals surface area contributed by atoms with Gasteiger partial charge in [0.1, 0.15) is 18.2 Å². The molecule has 0 saturated heterocycles. The average Bonchev–Trinajstić information content (AvgIpc) is 2.63. The van der Waals surface area contributed by atoms with Gasteiger partial charge in [0.15, 0.2) is 0 Å². The molecule has 1 aromatic carbocycles. The van der Waals surface area contributed by atoms with E-state index in [4.69, 9.17) is 4.74 Å². The third-order valence-electron chi connectivity index (χ3n) is 3.32. The SMILES string of the molecule is CC/C(Br)=C1/c2ccc(F)cc2OCc2ncccc21. The van der Waals surface area contributed by atoms with E-state index in [1.165, 1.54) is 12.1 Å². The minimum atomic E-state index is -0.297. The van der Waals surface area contributed by atoms with Gasteiger partial charge < -0.3 is 4.74 Å². The molecule has 0 aliphatic carbocycles. The fourth-order valence-electron chi connectivity index (χ4n) is 2.36. The van der Waals surface area contributed by atoms with Crippen molar-refractivity contribution in [2.45, 2.75) is 20.0 Å². The fourth-order valence-corrected chi connectivity index (χ4v) is 2.79. The molecule has 2 heterocycles. The number of fused-ring (bicyclic) bond motifs is 2. The zero-order valence-electron chi connectivity index (χ0n) is 11.0. The van der Waals surface area contributed by atoms with Gasteiger partial charge in [-0.2, -0.15) is 0 Å². The lowest BCUT2D eigenvalue weighted by molar-refractivity contribution is 0.301. The van der Waals surface area contributed by atoms with Crippen molar-refractivity contribution in [2.24, 2.45) is 0 Å². The van der Waals surface area contributed by atoms with Crippen LogP contribution in [0.4, 0.5) is 4.39 Å². The van der Waals surface area contributed by atoms with Crippen LogP contribution in [-0.2, 0) is 6.61 Å². The van der Waals surface area contributed by atoms with E-state index >= 15 is 0 Å². The predicted octanol–water partition coefficient (Wildman–Crippen LogP) is 4.68. The average molecular weight is 334 g/mol. The molecule has 0 radical (unpaired) electrons. The lowest BCUT2D eigenvalue weighted by atomic mass is 9.96. The quantitative estimate of drug-likeness (QED) is 0.756. The largest absolute Gasteiger partial charge is 0.487 e. The first-order chi connectivity index (χ1) is 9.70. The molecule has 0 amide bonds. The number of benzene rings is 1. The minimum Gasteiger partial charge on any atom is -0.487 e. The number of nitrogens with zero attached hydrogens (tertiary/aromatic N) is 1. The normalized spacial score (nSPS) is 15.8.